The van der Waals surface area contributed by atoms with Crippen LogP contribution in [0.4, 0.5) is 0 Å². The fourth-order valence-corrected chi connectivity index (χ4v) is 2.42. The second-order valence-corrected chi connectivity index (χ2v) is 5.82. The zero-order chi connectivity index (χ0) is 16.9. The Morgan fingerprint density at radius 1 is 1.25 bits per heavy atom. The number of likely N-dealkylation sites (N-methyl/N-ethyl adjacent to an activating group) is 1. The lowest BCUT2D eigenvalue weighted by molar-refractivity contribution is 0.0950. The van der Waals surface area contributed by atoms with E-state index >= 15 is 0 Å². The molecule has 0 bridgehead atoms. The molecule has 0 aliphatic heterocycles. The van der Waals surface area contributed by atoms with Gasteiger partial charge in [0.15, 0.2) is 5.65 Å². The first kappa shape index (κ1) is 16.1. The number of hydrogen-bond acceptors (Lipinski definition) is 4. The van der Waals surface area contributed by atoms with E-state index < -0.39 is 0 Å². The average molecular weight is 323 g/mol. The number of fused-ring (bicyclic) bond motifs is 1. The number of carbonyl (C=O) groups excluding carboxylic acids is 1. The van der Waals surface area contributed by atoms with Gasteiger partial charge in [0.2, 0.25) is 0 Å². The van der Waals surface area contributed by atoms with Crippen molar-refractivity contribution >= 4 is 16.9 Å². The van der Waals surface area contributed by atoms with E-state index in [9.17, 15) is 4.79 Å². The Hall–Kier alpha value is -2.73. The molecule has 0 aliphatic carbocycles. The predicted octanol–water partition coefficient (Wildman–Crippen LogP) is 1.82. The molecule has 1 unspecified atom stereocenters. The van der Waals surface area contributed by atoms with Crippen molar-refractivity contribution in [3.05, 3.63) is 59.9 Å². The molecule has 1 atom stereocenters. The summed E-state index contributed by atoms with van der Waals surface area (Å²) in [6.07, 6.45) is 3.35. The normalized spacial score (nSPS) is 12.2. The van der Waals surface area contributed by atoms with E-state index in [1.54, 1.807) is 12.4 Å². The first-order valence-corrected chi connectivity index (χ1v) is 7.98. The van der Waals surface area contributed by atoms with E-state index in [0.29, 0.717) is 18.7 Å². The molecule has 2 N–H and O–H groups in total. The van der Waals surface area contributed by atoms with Crippen LogP contribution >= 0.6 is 0 Å². The number of benzene rings is 1. The van der Waals surface area contributed by atoms with Gasteiger partial charge in [-0.25, -0.2) is 9.67 Å². The molecule has 2 aromatic heterocycles. The van der Waals surface area contributed by atoms with Gasteiger partial charge < -0.3 is 10.6 Å². The van der Waals surface area contributed by atoms with Crippen molar-refractivity contribution in [3.8, 4) is 0 Å². The second kappa shape index (κ2) is 7.23. The van der Waals surface area contributed by atoms with Crippen molar-refractivity contribution in [2.24, 2.45) is 0 Å². The lowest BCUT2D eigenvalue weighted by atomic mass is 10.2. The quantitative estimate of drug-likeness (QED) is 0.726. The van der Waals surface area contributed by atoms with Crippen LogP contribution in [0, 0.1) is 0 Å². The Balaban J connectivity index is 1.77. The summed E-state index contributed by atoms with van der Waals surface area (Å²) in [6, 6.07) is 12.2. The van der Waals surface area contributed by atoms with Crippen LogP contribution in [0.1, 0.15) is 22.8 Å². The molecule has 0 spiro atoms. The molecule has 0 aliphatic rings. The summed E-state index contributed by atoms with van der Waals surface area (Å²) in [4.78, 5) is 16.6. The summed E-state index contributed by atoms with van der Waals surface area (Å²) in [5.74, 6) is -0.123. The van der Waals surface area contributed by atoms with Gasteiger partial charge in [-0.15, -0.1) is 0 Å². The third-order valence-corrected chi connectivity index (χ3v) is 3.97. The molecule has 24 heavy (non-hydrogen) atoms. The number of nitrogens with one attached hydrogen (secondary N) is 2. The maximum atomic E-state index is 12.2. The van der Waals surface area contributed by atoms with Gasteiger partial charge >= 0.3 is 0 Å². The molecule has 124 valence electrons. The fraction of sp³-hybridized carbons (Fsp3) is 0.278. The Kier molecular flexibility index (Phi) is 4.86. The van der Waals surface area contributed by atoms with Gasteiger partial charge in [0.05, 0.1) is 18.3 Å². The van der Waals surface area contributed by atoms with Crippen molar-refractivity contribution in [1.82, 2.24) is 25.4 Å². The molecule has 1 aromatic carbocycles. The number of hydrogen-bond donors (Lipinski definition) is 2. The highest BCUT2D eigenvalue weighted by molar-refractivity contribution is 5.96. The molecule has 0 fully saturated rings. The standard InChI is InChI=1S/C18H21N5O/c1-13(19-2)9-21-18(24)16-8-15-11-22-23(17(15)20-10-16)12-14-6-4-3-5-7-14/h3-8,10-11,13,19H,9,12H2,1-2H3,(H,21,24). The van der Waals surface area contributed by atoms with Crippen LogP contribution in [-0.4, -0.2) is 40.3 Å². The minimum Gasteiger partial charge on any atom is -0.350 e. The van der Waals surface area contributed by atoms with E-state index in [1.807, 2.05) is 42.9 Å². The second-order valence-electron chi connectivity index (χ2n) is 5.82. The third-order valence-electron chi connectivity index (χ3n) is 3.97. The van der Waals surface area contributed by atoms with E-state index in [2.05, 4.69) is 32.8 Å². The van der Waals surface area contributed by atoms with Gasteiger partial charge in [-0.2, -0.15) is 5.10 Å². The number of amides is 1. The molecule has 3 rings (SSSR count). The fourth-order valence-electron chi connectivity index (χ4n) is 2.42. The number of pyridine rings is 1. The Morgan fingerprint density at radius 2 is 2.04 bits per heavy atom. The van der Waals surface area contributed by atoms with Crippen LogP contribution in [0.2, 0.25) is 0 Å². The van der Waals surface area contributed by atoms with E-state index in [1.165, 1.54) is 0 Å². The van der Waals surface area contributed by atoms with Crippen LogP contribution < -0.4 is 10.6 Å². The number of nitrogens with zero attached hydrogens (tertiary/aromatic N) is 3. The highest BCUT2D eigenvalue weighted by atomic mass is 16.1. The SMILES string of the molecule is CNC(C)CNC(=O)c1cnc2c(cnn2Cc2ccccc2)c1. The van der Waals surface area contributed by atoms with Crippen LogP contribution in [0.15, 0.2) is 48.8 Å². The molecule has 6 heteroatoms. The van der Waals surface area contributed by atoms with Crippen LogP contribution in [0.3, 0.4) is 0 Å². The van der Waals surface area contributed by atoms with Crippen LogP contribution in [0.25, 0.3) is 11.0 Å². The van der Waals surface area contributed by atoms with Crippen molar-refractivity contribution in [2.45, 2.75) is 19.5 Å². The zero-order valence-corrected chi connectivity index (χ0v) is 13.9. The third kappa shape index (κ3) is 3.60. The first-order chi connectivity index (χ1) is 11.7. The highest BCUT2D eigenvalue weighted by Gasteiger charge is 2.11. The van der Waals surface area contributed by atoms with Crippen LogP contribution in [0.5, 0.6) is 0 Å². The Morgan fingerprint density at radius 3 is 2.79 bits per heavy atom. The van der Waals surface area contributed by atoms with Gasteiger partial charge in [-0.3, -0.25) is 4.79 Å². The summed E-state index contributed by atoms with van der Waals surface area (Å²) in [6.45, 7) is 3.23. The molecular weight excluding hydrogens is 302 g/mol. The van der Waals surface area contributed by atoms with Crippen molar-refractivity contribution in [2.75, 3.05) is 13.6 Å². The van der Waals surface area contributed by atoms with E-state index in [-0.39, 0.29) is 11.9 Å². The summed E-state index contributed by atoms with van der Waals surface area (Å²) < 4.78 is 1.84. The molecule has 0 saturated heterocycles. The molecule has 3 aromatic rings. The van der Waals surface area contributed by atoms with Gasteiger partial charge in [0.25, 0.3) is 5.91 Å². The maximum absolute atomic E-state index is 12.2. The smallest absolute Gasteiger partial charge is 0.252 e. The minimum atomic E-state index is -0.123. The van der Waals surface area contributed by atoms with Gasteiger partial charge in [-0.1, -0.05) is 30.3 Å². The average Bonchev–Trinajstić information content (AvgIpc) is 3.02. The summed E-state index contributed by atoms with van der Waals surface area (Å²) in [5.41, 5.74) is 2.48. The lowest BCUT2D eigenvalue weighted by Gasteiger charge is -2.11. The van der Waals surface area contributed by atoms with Gasteiger partial charge in [-0.05, 0) is 25.6 Å². The largest absolute Gasteiger partial charge is 0.350 e. The van der Waals surface area contributed by atoms with E-state index in [4.69, 9.17) is 0 Å². The van der Waals surface area contributed by atoms with Crippen molar-refractivity contribution in [3.63, 3.8) is 0 Å². The molecule has 2 heterocycles. The summed E-state index contributed by atoms with van der Waals surface area (Å²) >= 11 is 0. The maximum Gasteiger partial charge on any atom is 0.252 e. The van der Waals surface area contributed by atoms with Crippen LogP contribution in [-0.2, 0) is 6.54 Å². The van der Waals surface area contributed by atoms with Gasteiger partial charge in [0, 0.05) is 24.2 Å². The zero-order valence-electron chi connectivity index (χ0n) is 13.9. The molecule has 6 nitrogen and oxygen atoms in total. The molecule has 0 radical (unpaired) electrons. The van der Waals surface area contributed by atoms with E-state index in [0.717, 1.165) is 16.6 Å². The number of aromatic nitrogens is 3. The van der Waals surface area contributed by atoms with Gasteiger partial charge in [0.1, 0.15) is 0 Å². The molecule has 0 saturated carbocycles. The highest BCUT2D eigenvalue weighted by Crippen LogP contribution is 2.14. The Labute approximate surface area is 140 Å². The number of carbonyl (C=O) groups is 1. The lowest BCUT2D eigenvalue weighted by Crippen LogP contribution is -2.37. The summed E-state index contributed by atoms with van der Waals surface area (Å²) in [7, 11) is 1.87. The monoisotopic (exact) mass is 323 g/mol. The first-order valence-electron chi connectivity index (χ1n) is 7.98. The Bertz CT molecular complexity index is 828. The molecule has 1 amide bonds. The minimum absolute atomic E-state index is 0.123. The summed E-state index contributed by atoms with van der Waals surface area (Å²) in [5, 5.41) is 11.2. The topological polar surface area (TPSA) is 71.8 Å². The number of rotatable bonds is 6. The predicted molar refractivity (Wildman–Crippen MR) is 93.9 cm³/mol. The van der Waals surface area contributed by atoms with Crippen molar-refractivity contribution < 1.29 is 4.79 Å². The van der Waals surface area contributed by atoms with Crippen molar-refractivity contribution in [1.29, 1.82) is 0 Å². The molecular formula is C18H21N5O.